The molecule has 0 radical (unpaired) electrons. The lowest BCUT2D eigenvalue weighted by Gasteiger charge is -2.29. The van der Waals surface area contributed by atoms with Crippen molar-refractivity contribution < 1.29 is 9.53 Å². The highest BCUT2D eigenvalue weighted by Gasteiger charge is 2.19. The number of nitrogens with one attached hydrogen (secondary N) is 2. The Bertz CT molecular complexity index is 850. The second-order valence-corrected chi connectivity index (χ2v) is 7.10. The highest BCUT2D eigenvalue weighted by atomic mass is 16.5. The molecular formula is C23H30N4O2. The first kappa shape index (κ1) is 20.7. The van der Waals surface area contributed by atoms with Gasteiger partial charge in [0.2, 0.25) is 5.91 Å². The zero-order valence-electron chi connectivity index (χ0n) is 17.3. The molecule has 0 saturated carbocycles. The standard InChI is InChI=1S/C23H30N4O2/c1-24-23(26-16-19-9-5-6-11-21(19)29-2)25-14-7-12-22(28)27-15-13-18-8-3-4-10-20(18)17-27/h3-6,8-11H,7,12-17H2,1-2H3,(H2,24,25,26). The van der Waals surface area contributed by atoms with Gasteiger partial charge in [-0.15, -0.1) is 0 Å². The third kappa shape index (κ3) is 5.73. The molecule has 6 nitrogen and oxygen atoms in total. The Labute approximate surface area is 173 Å². The maximum atomic E-state index is 12.5. The summed E-state index contributed by atoms with van der Waals surface area (Å²) in [7, 11) is 3.41. The maximum Gasteiger partial charge on any atom is 0.222 e. The first-order valence-electron chi connectivity index (χ1n) is 10.1. The van der Waals surface area contributed by atoms with Crippen LogP contribution in [0.5, 0.6) is 5.75 Å². The second-order valence-electron chi connectivity index (χ2n) is 7.10. The molecule has 2 aromatic carbocycles. The second kappa shape index (κ2) is 10.5. The largest absolute Gasteiger partial charge is 0.496 e. The summed E-state index contributed by atoms with van der Waals surface area (Å²) >= 11 is 0. The number of benzene rings is 2. The van der Waals surface area contributed by atoms with E-state index >= 15 is 0 Å². The molecule has 0 aromatic heterocycles. The van der Waals surface area contributed by atoms with Gasteiger partial charge >= 0.3 is 0 Å². The molecule has 3 rings (SSSR count). The van der Waals surface area contributed by atoms with E-state index in [1.54, 1.807) is 14.2 Å². The zero-order valence-corrected chi connectivity index (χ0v) is 17.3. The van der Waals surface area contributed by atoms with Crippen molar-refractivity contribution in [2.75, 3.05) is 27.2 Å². The van der Waals surface area contributed by atoms with E-state index in [1.165, 1.54) is 11.1 Å². The molecule has 0 atom stereocenters. The normalized spacial score (nSPS) is 13.6. The van der Waals surface area contributed by atoms with Gasteiger partial charge in [-0.3, -0.25) is 9.79 Å². The third-order valence-corrected chi connectivity index (χ3v) is 5.21. The molecule has 2 N–H and O–H groups in total. The molecule has 2 aromatic rings. The predicted molar refractivity (Wildman–Crippen MR) is 116 cm³/mol. The fraction of sp³-hybridized carbons (Fsp3) is 0.391. The van der Waals surface area contributed by atoms with Gasteiger partial charge < -0.3 is 20.3 Å². The van der Waals surface area contributed by atoms with Crippen LogP contribution in [-0.2, 0) is 24.3 Å². The maximum absolute atomic E-state index is 12.5. The van der Waals surface area contributed by atoms with Gasteiger partial charge in [-0.1, -0.05) is 42.5 Å². The number of ether oxygens (including phenoxy) is 1. The number of para-hydroxylation sites is 1. The summed E-state index contributed by atoms with van der Waals surface area (Å²) in [6, 6.07) is 16.3. The van der Waals surface area contributed by atoms with Gasteiger partial charge in [0, 0.05) is 45.2 Å². The van der Waals surface area contributed by atoms with Crippen LogP contribution in [0, 0.1) is 0 Å². The Balaban J connectivity index is 1.38. The molecule has 1 amide bonds. The SMILES string of the molecule is CN=C(NCCCC(=O)N1CCc2ccccc2C1)NCc1ccccc1OC. The molecule has 0 fully saturated rings. The van der Waals surface area contributed by atoms with Crippen molar-refractivity contribution in [1.82, 2.24) is 15.5 Å². The number of rotatable bonds is 7. The summed E-state index contributed by atoms with van der Waals surface area (Å²) in [5.41, 5.74) is 3.70. The molecule has 0 saturated heterocycles. The van der Waals surface area contributed by atoms with Gasteiger partial charge in [0.25, 0.3) is 0 Å². The van der Waals surface area contributed by atoms with Gasteiger partial charge in [-0.25, -0.2) is 0 Å². The molecule has 0 unspecified atom stereocenters. The van der Waals surface area contributed by atoms with Crippen molar-refractivity contribution >= 4 is 11.9 Å². The Morgan fingerprint density at radius 2 is 1.86 bits per heavy atom. The number of fused-ring (bicyclic) bond motifs is 1. The van der Waals surface area contributed by atoms with Gasteiger partial charge in [-0.05, 0) is 30.0 Å². The first-order valence-corrected chi connectivity index (χ1v) is 10.1. The predicted octanol–water partition coefficient (Wildman–Crippen LogP) is 2.73. The summed E-state index contributed by atoms with van der Waals surface area (Å²) < 4.78 is 5.37. The van der Waals surface area contributed by atoms with Gasteiger partial charge in [0.15, 0.2) is 5.96 Å². The number of aliphatic imine (C=N–C) groups is 1. The number of amides is 1. The van der Waals surface area contributed by atoms with Gasteiger partial charge in [0.05, 0.1) is 7.11 Å². The summed E-state index contributed by atoms with van der Waals surface area (Å²) in [5, 5.41) is 6.56. The quantitative estimate of drug-likeness (QED) is 0.431. The molecule has 1 heterocycles. The van der Waals surface area contributed by atoms with Crippen LogP contribution in [0.2, 0.25) is 0 Å². The molecule has 1 aliphatic rings. The highest BCUT2D eigenvalue weighted by molar-refractivity contribution is 5.80. The van der Waals surface area contributed by atoms with E-state index < -0.39 is 0 Å². The molecule has 0 spiro atoms. The van der Waals surface area contributed by atoms with Crippen LogP contribution in [0.15, 0.2) is 53.5 Å². The van der Waals surface area contributed by atoms with E-state index in [1.807, 2.05) is 35.2 Å². The van der Waals surface area contributed by atoms with E-state index in [-0.39, 0.29) is 5.91 Å². The van der Waals surface area contributed by atoms with Crippen LogP contribution in [0.4, 0.5) is 0 Å². The minimum Gasteiger partial charge on any atom is -0.496 e. The Hall–Kier alpha value is -3.02. The highest BCUT2D eigenvalue weighted by Crippen LogP contribution is 2.19. The monoisotopic (exact) mass is 394 g/mol. The topological polar surface area (TPSA) is 66.0 Å². The smallest absolute Gasteiger partial charge is 0.222 e. The number of nitrogens with zero attached hydrogens (tertiary/aromatic N) is 2. The molecule has 0 bridgehead atoms. The summed E-state index contributed by atoms with van der Waals surface area (Å²) in [5.74, 6) is 1.79. The van der Waals surface area contributed by atoms with Gasteiger partial charge in [0.1, 0.15) is 5.75 Å². The molecule has 0 aliphatic carbocycles. The number of methoxy groups -OCH3 is 1. The average Bonchev–Trinajstić information content (AvgIpc) is 2.78. The van der Waals surface area contributed by atoms with Crippen molar-refractivity contribution in [2.24, 2.45) is 4.99 Å². The van der Waals surface area contributed by atoms with Crippen molar-refractivity contribution in [1.29, 1.82) is 0 Å². The first-order chi connectivity index (χ1) is 14.2. The lowest BCUT2D eigenvalue weighted by atomic mass is 9.99. The van der Waals surface area contributed by atoms with E-state index in [4.69, 9.17) is 4.74 Å². The van der Waals surface area contributed by atoms with E-state index in [9.17, 15) is 4.79 Å². The van der Waals surface area contributed by atoms with Gasteiger partial charge in [-0.2, -0.15) is 0 Å². The number of carbonyl (C=O) groups excluding carboxylic acids is 1. The minimum absolute atomic E-state index is 0.221. The fourth-order valence-electron chi connectivity index (χ4n) is 3.56. The fourth-order valence-corrected chi connectivity index (χ4v) is 3.56. The van der Waals surface area contributed by atoms with Crippen LogP contribution in [0.1, 0.15) is 29.5 Å². The van der Waals surface area contributed by atoms with E-state index in [0.717, 1.165) is 43.2 Å². The van der Waals surface area contributed by atoms with Crippen molar-refractivity contribution in [3.63, 3.8) is 0 Å². The number of carbonyl (C=O) groups is 1. The summed E-state index contributed by atoms with van der Waals surface area (Å²) in [6.07, 6.45) is 2.25. The van der Waals surface area contributed by atoms with Crippen molar-refractivity contribution in [2.45, 2.75) is 32.4 Å². The van der Waals surface area contributed by atoms with Crippen LogP contribution in [-0.4, -0.2) is 44.0 Å². The van der Waals surface area contributed by atoms with Crippen LogP contribution >= 0.6 is 0 Å². The zero-order chi connectivity index (χ0) is 20.5. The molecular weight excluding hydrogens is 364 g/mol. The summed E-state index contributed by atoms with van der Waals surface area (Å²) in [4.78, 5) is 18.8. The lowest BCUT2D eigenvalue weighted by molar-refractivity contribution is -0.132. The third-order valence-electron chi connectivity index (χ3n) is 5.21. The molecule has 1 aliphatic heterocycles. The molecule has 6 heteroatoms. The van der Waals surface area contributed by atoms with Crippen LogP contribution in [0.3, 0.4) is 0 Å². The summed E-state index contributed by atoms with van der Waals surface area (Å²) in [6.45, 7) is 2.85. The Kier molecular flexibility index (Phi) is 7.50. The lowest BCUT2D eigenvalue weighted by Crippen LogP contribution is -2.38. The number of hydrogen-bond acceptors (Lipinski definition) is 3. The average molecular weight is 395 g/mol. The van der Waals surface area contributed by atoms with Crippen LogP contribution < -0.4 is 15.4 Å². The molecule has 29 heavy (non-hydrogen) atoms. The number of hydrogen-bond donors (Lipinski definition) is 2. The Morgan fingerprint density at radius 1 is 1.10 bits per heavy atom. The minimum atomic E-state index is 0.221. The number of guanidine groups is 1. The van der Waals surface area contributed by atoms with E-state index in [0.29, 0.717) is 19.5 Å². The molecule has 154 valence electrons. The van der Waals surface area contributed by atoms with Crippen molar-refractivity contribution in [3.05, 3.63) is 65.2 Å². The Morgan fingerprint density at radius 3 is 2.66 bits per heavy atom. The van der Waals surface area contributed by atoms with Crippen molar-refractivity contribution in [3.8, 4) is 5.75 Å². The van der Waals surface area contributed by atoms with Crippen LogP contribution in [0.25, 0.3) is 0 Å². The van der Waals surface area contributed by atoms with E-state index in [2.05, 4.69) is 33.8 Å².